The number of carbonyl (C=O) groups excluding carboxylic acids is 3. The molecule has 2 fully saturated rings. The molecule has 160 valence electrons. The van der Waals surface area contributed by atoms with Crippen LogP contribution >= 0.6 is 11.8 Å². The molecule has 0 unspecified atom stereocenters. The third-order valence-electron chi connectivity index (χ3n) is 6.53. The van der Waals surface area contributed by atoms with Gasteiger partial charge in [-0.25, -0.2) is 4.79 Å². The van der Waals surface area contributed by atoms with Crippen molar-refractivity contribution in [2.75, 3.05) is 17.2 Å². The highest BCUT2D eigenvalue weighted by Gasteiger charge is 2.52. The maximum absolute atomic E-state index is 13.6. The molecule has 1 saturated heterocycles. The van der Waals surface area contributed by atoms with E-state index in [0.29, 0.717) is 12.8 Å². The lowest BCUT2D eigenvalue weighted by Crippen LogP contribution is -2.49. The highest BCUT2D eigenvalue weighted by atomic mass is 32.2. The Morgan fingerprint density at radius 1 is 1.00 bits per heavy atom. The van der Waals surface area contributed by atoms with Gasteiger partial charge in [0.05, 0.1) is 11.7 Å². The fourth-order valence-electron chi connectivity index (χ4n) is 4.94. The number of thioether (sulfide) groups is 1. The number of para-hydroxylation sites is 1. The van der Waals surface area contributed by atoms with Crippen molar-refractivity contribution in [3.8, 4) is 0 Å². The number of imide groups is 1. The summed E-state index contributed by atoms with van der Waals surface area (Å²) in [6, 6.07) is 17.1. The van der Waals surface area contributed by atoms with E-state index in [0.717, 1.165) is 46.1 Å². The van der Waals surface area contributed by atoms with Gasteiger partial charge in [-0.3, -0.25) is 14.5 Å². The minimum atomic E-state index is -0.815. The molecule has 7 heteroatoms. The highest BCUT2D eigenvalue weighted by Crippen LogP contribution is 2.43. The van der Waals surface area contributed by atoms with E-state index >= 15 is 0 Å². The molecule has 6 nitrogen and oxygen atoms in total. The van der Waals surface area contributed by atoms with Crippen LogP contribution < -0.4 is 10.2 Å². The molecule has 4 amide bonds. The van der Waals surface area contributed by atoms with E-state index in [1.54, 1.807) is 16.7 Å². The lowest BCUT2D eigenvalue weighted by atomic mass is 9.82. The van der Waals surface area contributed by atoms with Gasteiger partial charge in [0.25, 0.3) is 5.91 Å². The summed E-state index contributed by atoms with van der Waals surface area (Å²) in [4.78, 5) is 43.4. The second-order valence-corrected chi connectivity index (χ2v) is 9.50. The quantitative estimate of drug-likeness (QED) is 0.737. The molecule has 1 atom stereocenters. The van der Waals surface area contributed by atoms with Gasteiger partial charge in [-0.2, -0.15) is 0 Å². The molecule has 5 rings (SSSR count). The Labute approximate surface area is 186 Å². The van der Waals surface area contributed by atoms with Crippen LogP contribution in [0.5, 0.6) is 0 Å². The van der Waals surface area contributed by atoms with Crippen molar-refractivity contribution in [2.45, 2.75) is 48.6 Å². The van der Waals surface area contributed by atoms with Crippen molar-refractivity contribution in [1.29, 1.82) is 0 Å². The number of amides is 4. The molecule has 0 radical (unpaired) electrons. The fourth-order valence-corrected chi connectivity index (χ4v) is 6.11. The number of anilines is 1. The topological polar surface area (TPSA) is 69.7 Å². The second kappa shape index (κ2) is 8.04. The maximum Gasteiger partial charge on any atom is 0.325 e. The Kier molecular flexibility index (Phi) is 5.22. The summed E-state index contributed by atoms with van der Waals surface area (Å²) in [7, 11) is 0. The van der Waals surface area contributed by atoms with Gasteiger partial charge >= 0.3 is 6.03 Å². The van der Waals surface area contributed by atoms with Crippen LogP contribution in [0.3, 0.4) is 0 Å². The Balaban J connectivity index is 1.45. The van der Waals surface area contributed by atoms with Gasteiger partial charge in [0.2, 0.25) is 5.91 Å². The lowest BCUT2D eigenvalue weighted by Gasteiger charge is -2.37. The summed E-state index contributed by atoms with van der Waals surface area (Å²) in [6.07, 6.45) is 4.21. The summed E-state index contributed by atoms with van der Waals surface area (Å²) in [5, 5.41) is 2.90. The number of fused-ring (bicyclic) bond motifs is 1. The average molecular weight is 436 g/mol. The molecule has 2 aromatic carbocycles. The summed E-state index contributed by atoms with van der Waals surface area (Å²) >= 11 is 1.72. The number of rotatable bonds is 3. The molecule has 2 heterocycles. The van der Waals surface area contributed by atoms with Gasteiger partial charge in [0.15, 0.2) is 0 Å². The number of hydrogen-bond donors (Lipinski definition) is 1. The van der Waals surface area contributed by atoms with Crippen molar-refractivity contribution >= 4 is 35.3 Å². The van der Waals surface area contributed by atoms with Crippen molar-refractivity contribution < 1.29 is 14.4 Å². The predicted molar refractivity (Wildman–Crippen MR) is 120 cm³/mol. The van der Waals surface area contributed by atoms with Crippen molar-refractivity contribution in [3.05, 3.63) is 60.2 Å². The molecular weight excluding hydrogens is 410 g/mol. The standard InChI is InChI=1S/C24H25N3O3S/c28-21(15-26-22(29)24(25-23(26)30)13-7-2-8-14-24)27-18-11-5-6-12-20(18)31-16-19(27)17-9-3-1-4-10-17/h1,3-6,9-12,19H,2,7-8,13-16H2,(H,25,30)/t19-/m0/s1. The number of urea groups is 1. The number of benzene rings is 2. The molecule has 31 heavy (non-hydrogen) atoms. The molecule has 2 aliphatic heterocycles. The van der Waals surface area contributed by atoms with Crippen molar-refractivity contribution in [2.24, 2.45) is 0 Å². The van der Waals surface area contributed by atoms with Crippen LogP contribution in [-0.2, 0) is 9.59 Å². The van der Waals surface area contributed by atoms with Crippen LogP contribution in [0.1, 0.15) is 43.7 Å². The van der Waals surface area contributed by atoms with E-state index in [1.807, 2.05) is 54.6 Å². The smallest absolute Gasteiger partial charge is 0.323 e. The number of nitrogens with zero attached hydrogens (tertiary/aromatic N) is 2. The first kappa shape index (κ1) is 20.1. The summed E-state index contributed by atoms with van der Waals surface area (Å²) < 4.78 is 0. The lowest BCUT2D eigenvalue weighted by molar-refractivity contribution is -0.135. The molecular formula is C24H25N3O3S. The maximum atomic E-state index is 13.6. The van der Waals surface area contributed by atoms with Crippen molar-refractivity contribution in [3.63, 3.8) is 0 Å². The molecule has 2 aromatic rings. The van der Waals surface area contributed by atoms with E-state index in [2.05, 4.69) is 5.32 Å². The largest absolute Gasteiger partial charge is 0.325 e. The average Bonchev–Trinajstić information content (AvgIpc) is 3.03. The third kappa shape index (κ3) is 3.51. The van der Waals surface area contributed by atoms with E-state index < -0.39 is 11.6 Å². The Bertz CT molecular complexity index is 1020. The molecule has 1 saturated carbocycles. The van der Waals surface area contributed by atoms with Crippen LogP contribution in [0.15, 0.2) is 59.5 Å². The molecule has 1 spiro atoms. The summed E-state index contributed by atoms with van der Waals surface area (Å²) in [6.45, 7) is -0.241. The second-order valence-electron chi connectivity index (χ2n) is 8.43. The SMILES string of the molecule is O=C1NC2(CCCCC2)C(=O)N1CC(=O)N1c2ccccc2SC[C@H]1c1ccccc1. The van der Waals surface area contributed by atoms with Crippen LogP contribution in [0.25, 0.3) is 0 Å². The Morgan fingerprint density at radius 3 is 2.48 bits per heavy atom. The molecule has 1 N–H and O–H groups in total. The van der Waals surface area contributed by atoms with E-state index in [9.17, 15) is 14.4 Å². The number of nitrogens with one attached hydrogen (secondary N) is 1. The highest BCUT2D eigenvalue weighted by molar-refractivity contribution is 7.99. The normalized spacial score (nSPS) is 22.4. The predicted octanol–water partition coefficient (Wildman–Crippen LogP) is 4.12. The van der Waals surface area contributed by atoms with E-state index in [1.165, 1.54) is 0 Å². The monoisotopic (exact) mass is 435 g/mol. The minimum absolute atomic E-state index is 0.155. The van der Waals surface area contributed by atoms with Gasteiger partial charge in [0, 0.05) is 10.6 Å². The van der Waals surface area contributed by atoms with Gasteiger partial charge in [0.1, 0.15) is 12.1 Å². The van der Waals surface area contributed by atoms with Gasteiger partial charge < -0.3 is 10.2 Å². The first-order valence-electron chi connectivity index (χ1n) is 10.8. The zero-order chi connectivity index (χ0) is 21.4. The van der Waals surface area contributed by atoms with E-state index in [-0.39, 0.29) is 24.4 Å². The van der Waals surface area contributed by atoms with Gasteiger partial charge in [-0.15, -0.1) is 11.8 Å². The van der Waals surface area contributed by atoms with Crippen LogP contribution in [-0.4, -0.2) is 40.6 Å². The molecule has 0 aromatic heterocycles. The molecule has 0 bridgehead atoms. The summed E-state index contributed by atoms with van der Waals surface area (Å²) in [5.74, 6) is 0.232. The first-order chi connectivity index (χ1) is 15.1. The van der Waals surface area contributed by atoms with E-state index in [4.69, 9.17) is 0 Å². The van der Waals surface area contributed by atoms with Gasteiger partial charge in [-0.1, -0.05) is 61.7 Å². The number of hydrogen-bond acceptors (Lipinski definition) is 4. The van der Waals surface area contributed by atoms with Crippen LogP contribution in [0.4, 0.5) is 10.5 Å². The first-order valence-corrected chi connectivity index (χ1v) is 11.8. The fraction of sp³-hybridized carbons (Fsp3) is 0.375. The van der Waals surface area contributed by atoms with Crippen LogP contribution in [0, 0.1) is 0 Å². The molecule has 3 aliphatic rings. The van der Waals surface area contributed by atoms with Crippen molar-refractivity contribution in [1.82, 2.24) is 10.2 Å². The number of carbonyl (C=O) groups is 3. The minimum Gasteiger partial charge on any atom is -0.323 e. The Morgan fingerprint density at radius 2 is 1.71 bits per heavy atom. The van der Waals surface area contributed by atoms with Crippen LogP contribution in [0.2, 0.25) is 0 Å². The van der Waals surface area contributed by atoms with Gasteiger partial charge in [-0.05, 0) is 30.5 Å². The third-order valence-corrected chi connectivity index (χ3v) is 7.67. The molecule has 1 aliphatic carbocycles. The zero-order valence-corrected chi connectivity index (χ0v) is 18.1. The Hall–Kier alpha value is -2.80. The summed E-state index contributed by atoms with van der Waals surface area (Å²) in [5.41, 5.74) is 1.06. The zero-order valence-electron chi connectivity index (χ0n) is 17.3.